The molecule has 4 N–H and O–H groups in total. The summed E-state index contributed by atoms with van der Waals surface area (Å²) in [7, 11) is 0. The fraction of sp³-hybridized carbons (Fsp3) is 0.118. The van der Waals surface area contributed by atoms with E-state index in [1.54, 1.807) is 48.2 Å². The summed E-state index contributed by atoms with van der Waals surface area (Å²) in [6.07, 6.45) is 5.16. The fourth-order valence-corrected chi connectivity index (χ4v) is 2.47. The van der Waals surface area contributed by atoms with E-state index in [1.807, 2.05) is 13.0 Å². The molecular weight excluding hydrogens is 290 g/mol. The highest BCUT2D eigenvalue weighted by Crippen LogP contribution is 2.20. The third-order valence-corrected chi connectivity index (χ3v) is 3.71. The number of anilines is 2. The molecule has 0 aliphatic carbocycles. The number of amides is 1. The number of hydrogen-bond acceptors (Lipinski definition) is 4. The lowest BCUT2D eigenvalue weighted by molar-refractivity contribution is 0.102. The molecule has 2 heterocycles. The van der Waals surface area contributed by atoms with E-state index in [0.29, 0.717) is 28.2 Å². The van der Waals surface area contributed by atoms with Crippen LogP contribution in [0.4, 0.5) is 11.4 Å². The van der Waals surface area contributed by atoms with E-state index in [-0.39, 0.29) is 5.91 Å². The third kappa shape index (κ3) is 2.78. The molecule has 0 saturated carbocycles. The third-order valence-electron chi connectivity index (χ3n) is 3.71. The van der Waals surface area contributed by atoms with Gasteiger partial charge in [0.15, 0.2) is 0 Å². The summed E-state index contributed by atoms with van der Waals surface area (Å²) in [5.41, 5.74) is 10.3. The molecule has 0 radical (unpaired) electrons. The average Bonchev–Trinajstić information content (AvgIpc) is 2.95. The number of nitrogens with one attached hydrogen (secondary N) is 2. The molecule has 0 unspecified atom stereocenters. The Morgan fingerprint density at radius 2 is 2.09 bits per heavy atom. The second-order valence-corrected chi connectivity index (χ2v) is 5.48. The average molecular weight is 307 g/mol. The molecule has 0 bridgehead atoms. The van der Waals surface area contributed by atoms with E-state index in [0.717, 1.165) is 11.1 Å². The van der Waals surface area contributed by atoms with Crippen LogP contribution in [0.2, 0.25) is 0 Å². The number of hydrogen-bond donors (Lipinski definition) is 3. The monoisotopic (exact) mass is 307 g/mol. The lowest BCUT2D eigenvalue weighted by Gasteiger charge is -2.11. The number of imidazole rings is 1. The van der Waals surface area contributed by atoms with Gasteiger partial charge in [0.2, 0.25) is 0 Å². The number of nitrogen functional groups attached to an aromatic ring is 1. The van der Waals surface area contributed by atoms with Crippen LogP contribution in [0.3, 0.4) is 0 Å². The van der Waals surface area contributed by atoms with Crippen LogP contribution in [0.5, 0.6) is 0 Å². The molecule has 6 nitrogen and oxygen atoms in total. The van der Waals surface area contributed by atoms with Crippen LogP contribution in [0, 0.1) is 12.3 Å². The maximum absolute atomic E-state index is 12.5. The molecule has 1 aromatic carbocycles. The molecule has 3 aromatic rings. The molecule has 23 heavy (non-hydrogen) atoms. The smallest absolute Gasteiger partial charge is 0.257 e. The molecule has 6 heteroatoms. The second kappa shape index (κ2) is 5.57. The van der Waals surface area contributed by atoms with Crippen molar-refractivity contribution in [1.29, 1.82) is 5.41 Å². The van der Waals surface area contributed by atoms with Crippen LogP contribution in [-0.4, -0.2) is 21.0 Å². The molecular formula is C17H17N5O. The zero-order valence-electron chi connectivity index (χ0n) is 12.9. The fourth-order valence-electron chi connectivity index (χ4n) is 2.47. The molecule has 116 valence electrons. The van der Waals surface area contributed by atoms with Gasteiger partial charge in [-0.15, -0.1) is 0 Å². The Kier molecular flexibility index (Phi) is 3.57. The Bertz CT molecular complexity index is 926. The Labute approximate surface area is 133 Å². The Balaban J connectivity index is 1.93. The minimum atomic E-state index is -0.212. The molecule has 0 saturated heterocycles. The van der Waals surface area contributed by atoms with Gasteiger partial charge in [-0.1, -0.05) is 0 Å². The van der Waals surface area contributed by atoms with Gasteiger partial charge in [0.05, 0.1) is 23.6 Å². The predicted octanol–water partition coefficient (Wildman–Crippen LogP) is 2.86. The molecule has 1 amide bonds. The Morgan fingerprint density at radius 3 is 2.83 bits per heavy atom. The van der Waals surface area contributed by atoms with E-state index in [9.17, 15) is 4.79 Å². The topological polar surface area (TPSA) is 96.3 Å². The van der Waals surface area contributed by atoms with Gasteiger partial charge in [0, 0.05) is 28.8 Å². The number of aromatic nitrogens is 2. The van der Waals surface area contributed by atoms with E-state index in [2.05, 4.69) is 10.3 Å². The number of pyridine rings is 1. The zero-order valence-corrected chi connectivity index (χ0v) is 12.9. The maximum Gasteiger partial charge on any atom is 0.257 e. The van der Waals surface area contributed by atoms with Crippen LogP contribution in [-0.2, 0) is 0 Å². The predicted molar refractivity (Wildman–Crippen MR) is 91.2 cm³/mol. The number of nitrogens with two attached hydrogens (primary N) is 1. The van der Waals surface area contributed by atoms with E-state index in [1.165, 1.54) is 0 Å². The SMILES string of the molecule is CC(=N)c1cc(NC(=O)c2cn3cncc3cc2C)ccc1N. The van der Waals surface area contributed by atoms with Gasteiger partial charge in [-0.2, -0.15) is 0 Å². The highest BCUT2D eigenvalue weighted by Gasteiger charge is 2.12. The van der Waals surface area contributed by atoms with Crippen molar-refractivity contribution in [2.24, 2.45) is 0 Å². The van der Waals surface area contributed by atoms with Crippen LogP contribution >= 0.6 is 0 Å². The van der Waals surface area contributed by atoms with Gasteiger partial charge in [-0.25, -0.2) is 4.98 Å². The zero-order chi connectivity index (χ0) is 16.6. The molecule has 3 rings (SSSR count). The molecule has 0 spiro atoms. The molecule has 0 aliphatic heterocycles. The summed E-state index contributed by atoms with van der Waals surface area (Å²) in [6.45, 7) is 3.55. The van der Waals surface area contributed by atoms with Crippen molar-refractivity contribution in [1.82, 2.24) is 9.38 Å². The molecule has 0 atom stereocenters. The quantitative estimate of drug-likeness (QED) is 0.513. The van der Waals surface area contributed by atoms with Crippen molar-refractivity contribution in [2.45, 2.75) is 13.8 Å². The summed E-state index contributed by atoms with van der Waals surface area (Å²) in [5, 5.41) is 10.6. The van der Waals surface area contributed by atoms with Gasteiger partial charge in [0.25, 0.3) is 5.91 Å². The summed E-state index contributed by atoms with van der Waals surface area (Å²) >= 11 is 0. The number of benzene rings is 1. The van der Waals surface area contributed by atoms with E-state index < -0.39 is 0 Å². The lowest BCUT2D eigenvalue weighted by Crippen LogP contribution is -2.15. The summed E-state index contributed by atoms with van der Waals surface area (Å²) < 4.78 is 1.80. The van der Waals surface area contributed by atoms with Gasteiger partial charge >= 0.3 is 0 Å². The first-order chi connectivity index (χ1) is 11.0. The van der Waals surface area contributed by atoms with Crippen molar-refractivity contribution in [2.75, 3.05) is 11.1 Å². The number of nitrogens with zero attached hydrogens (tertiary/aromatic N) is 2. The standard InChI is InChI=1S/C17H17N5O/c1-10-5-13-7-20-9-22(13)8-15(10)17(23)21-12-3-4-16(19)14(6-12)11(2)18/h3-9,18H,19H2,1-2H3,(H,21,23). The summed E-state index contributed by atoms with van der Waals surface area (Å²) in [5.74, 6) is -0.212. The van der Waals surface area contributed by atoms with Crippen molar-refractivity contribution >= 4 is 28.5 Å². The van der Waals surface area contributed by atoms with Crippen LogP contribution < -0.4 is 11.1 Å². The highest BCUT2D eigenvalue weighted by atomic mass is 16.1. The van der Waals surface area contributed by atoms with Crippen LogP contribution in [0.1, 0.15) is 28.4 Å². The molecule has 0 aliphatic rings. The first-order valence-electron chi connectivity index (χ1n) is 7.14. The number of carbonyl (C=O) groups is 1. The first kappa shape index (κ1) is 14.8. The van der Waals surface area contributed by atoms with Gasteiger partial charge in [-0.3, -0.25) is 4.79 Å². The summed E-state index contributed by atoms with van der Waals surface area (Å²) in [4.78, 5) is 16.6. The van der Waals surface area contributed by atoms with Gasteiger partial charge in [-0.05, 0) is 43.7 Å². The van der Waals surface area contributed by atoms with Gasteiger partial charge < -0.3 is 20.9 Å². The normalized spacial score (nSPS) is 10.7. The minimum absolute atomic E-state index is 0.212. The van der Waals surface area contributed by atoms with Crippen LogP contribution in [0.25, 0.3) is 5.52 Å². The van der Waals surface area contributed by atoms with Crippen LogP contribution in [0.15, 0.2) is 43.0 Å². The van der Waals surface area contributed by atoms with Crippen molar-refractivity contribution in [3.05, 3.63) is 59.7 Å². The van der Waals surface area contributed by atoms with Crippen molar-refractivity contribution in [3.8, 4) is 0 Å². The summed E-state index contributed by atoms with van der Waals surface area (Å²) in [6, 6.07) is 7.04. The Morgan fingerprint density at radius 1 is 1.30 bits per heavy atom. The molecule has 2 aromatic heterocycles. The first-order valence-corrected chi connectivity index (χ1v) is 7.14. The molecule has 0 fully saturated rings. The number of carbonyl (C=O) groups excluding carboxylic acids is 1. The van der Waals surface area contributed by atoms with E-state index in [4.69, 9.17) is 11.1 Å². The van der Waals surface area contributed by atoms with Crippen molar-refractivity contribution < 1.29 is 4.79 Å². The largest absolute Gasteiger partial charge is 0.398 e. The highest BCUT2D eigenvalue weighted by molar-refractivity contribution is 6.07. The minimum Gasteiger partial charge on any atom is -0.398 e. The van der Waals surface area contributed by atoms with Gasteiger partial charge in [0.1, 0.15) is 0 Å². The maximum atomic E-state index is 12.5. The number of rotatable bonds is 3. The van der Waals surface area contributed by atoms with Crippen molar-refractivity contribution in [3.63, 3.8) is 0 Å². The number of fused-ring (bicyclic) bond motifs is 1. The number of aryl methyl sites for hydroxylation is 1. The Hall–Kier alpha value is -3.15. The lowest BCUT2D eigenvalue weighted by atomic mass is 10.1. The van der Waals surface area contributed by atoms with E-state index >= 15 is 0 Å². The second-order valence-electron chi connectivity index (χ2n) is 5.48.